The highest BCUT2D eigenvalue weighted by Crippen LogP contribution is 2.38. The van der Waals surface area contributed by atoms with Crippen molar-refractivity contribution in [1.29, 1.82) is 0 Å². The molecule has 1 saturated heterocycles. The van der Waals surface area contributed by atoms with E-state index in [4.69, 9.17) is 14.2 Å². The zero-order valence-corrected chi connectivity index (χ0v) is 25.7. The van der Waals surface area contributed by atoms with Crippen LogP contribution >= 0.6 is 0 Å². The molecule has 17 heteroatoms. The van der Waals surface area contributed by atoms with Gasteiger partial charge in [-0.3, -0.25) is 0 Å². The van der Waals surface area contributed by atoms with Crippen LogP contribution in [0, 0.1) is 5.92 Å². The van der Waals surface area contributed by atoms with Crippen LogP contribution in [0.4, 0.5) is 35.9 Å². The first-order valence-electron chi connectivity index (χ1n) is 14.3. The van der Waals surface area contributed by atoms with Crippen LogP contribution in [0.3, 0.4) is 0 Å². The number of carbonyl (C=O) groups excluding carboxylic acids is 2. The number of alkyl carbamates (subject to hydrolysis) is 1. The summed E-state index contributed by atoms with van der Waals surface area (Å²) < 4.78 is 95.8. The first-order valence-corrected chi connectivity index (χ1v) is 14.3. The van der Waals surface area contributed by atoms with E-state index < -0.39 is 52.6 Å². The Labute approximate surface area is 256 Å². The van der Waals surface area contributed by atoms with Crippen molar-refractivity contribution >= 4 is 12.1 Å². The average molecular weight is 653 g/mol. The van der Waals surface area contributed by atoms with Crippen LogP contribution in [-0.4, -0.2) is 88.4 Å². The number of aromatic nitrogens is 4. The van der Waals surface area contributed by atoms with E-state index in [2.05, 4.69) is 20.7 Å². The monoisotopic (exact) mass is 652 g/mol. The second-order valence-electron chi connectivity index (χ2n) is 12.0. The van der Waals surface area contributed by atoms with Gasteiger partial charge in [-0.15, -0.1) is 10.2 Å². The smallest absolute Gasteiger partial charge is 0.416 e. The quantitative estimate of drug-likeness (QED) is 0.303. The number of hydrogen-bond donors (Lipinski definition) is 1. The molecule has 0 spiro atoms. The number of carbonyl (C=O) groups is 2. The lowest BCUT2D eigenvalue weighted by Gasteiger charge is -2.31. The van der Waals surface area contributed by atoms with E-state index in [1.54, 1.807) is 7.11 Å². The number of amides is 2. The van der Waals surface area contributed by atoms with Gasteiger partial charge in [0, 0.05) is 38.7 Å². The SMILES string of the molecule is COC(C)(C)CCOC(C)(C)CCOC(=O)NCC1CCN(C(=O)n2nnc(-c3cc(C(F)(F)F)cc(C(F)(F)F)c3)n2)CC1. The Kier molecular flexibility index (Phi) is 11.4. The van der Waals surface area contributed by atoms with Gasteiger partial charge < -0.3 is 24.4 Å². The van der Waals surface area contributed by atoms with Gasteiger partial charge in [-0.05, 0) is 76.3 Å². The minimum absolute atomic E-state index is 0.0130. The minimum atomic E-state index is -5.05. The largest absolute Gasteiger partial charge is 0.449 e. The Balaban J connectivity index is 1.45. The number of piperidine rings is 1. The summed E-state index contributed by atoms with van der Waals surface area (Å²) in [6.45, 7) is 9.23. The fourth-order valence-corrected chi connectivity index (χ4v) is 4.37. The molecule has 2 amide bonds. The lowest BCUT2D eigenvalue weighted by atomic mass is 9.97. The highest BCUT2D eigenvalue weighted by Gasteiger charge is 2.37. The van der Waals surface area contributed by atoms with Gasteiger partial charge in [-0.2, -0.15) is 26.3 Å². The van der Waals surface area contributed by atoms with Gasteiger partial charge in [0.2, 0.25) is 5.82 Å². The molecule has 1 aliphatic rings. The fourth-order valence-electron chi connectivity index (χ4n) is 4.37. The average Bonchev–Trinajstić information content (AvgIpc) is 3.45. The molecule has 1 aromatic carbocycles. The highest BCUT2D eigenvalue weighted by atomic mass is 19.4. The standard InChI is InChI=1S/C28H38F6N6O5/c1-25(2,43-5)9-13-45-26(3,4)8-12-44-23(41)35-17-18-6-10-39(11-7-18)24(42)40-37-22(36-38-40)19-14-20(27(29,30)31)16-21(15-19)28(32,33)34/h14-16,18H,6-13,17H2,1-5H3,(H,35,41). The molecule has 0 radical (unpaired) electrons. The summed E-state index contributed by atoms with van der Waals surface area (Å²) in [6.07, 6.45) is -8.46. The molecule has 0 unspecified atom stereocenters. The number of likely N-dealkylation sites (tertiary alicyclic amines) is 1. The normalized spacial score (nSPS) is 15.3. The summed E-state index contributed by atoms with van der Waals surface area (Å²) in [5.41, 5.74) is -4.46. The van der Waals surface area contributed by atoms with Crippen molar-refractivity contribution in [2.45, 2.75) is 76.9 Å². The Morgan fingerprint density at radius 3 is 2.04 bits per heavy atom. The van der Waals surface area contributed by atoms with Crippen LogP contribution in [0.2, 0.25) is 0 Å². The van der Waals surface area contributed by atoms with E-state index in [1.807, 2.05) is 27.7 Å². The molecular weight excluding hydrogens is 614 g/mol. The van der Waals surface area contributed by atoms with Gasteiger partial charge >= 0.3 is 24.5 Å². The van der Waals surface area contributed by atoms with Gasteiger partial charge in [-0.25, -0.2) is 9.59 Å². The van der Waals surface area contributed by atoms with Crippen LogP contribution in [0.1, 0.15) is 64.5 Å². The molecular formula is C28H38F6N6O5. The van der Waals surface area contributed by atoms with Gasteiger partial charge in [-0.1, -0.05) is 4.80 Å². The van der Waals surface area contributed by atoms with E-state index >= 15 is 0 Å². The molecule has 0 saturated carbocycles. The lowest BCUT2D eigenvalue weighted by Crippen LogP contribution is -2.44. The van der Waals surface area contributed by atoms with Crippen molar-refractivity contribution in [2.75, 3.05) is 40.0 Å². The van der Waals surface area contributed by atoms with Crippen LogP contribution in [0.25, 0.3) is 11.4 Å². The summed E-state index contributed by atoms with van der Waals surface area (Å²) in [7, 11) is 1.64. The van der Waals surface area contributed by atoms with Crippen molar-refractivity contribution in [2.24, 2.45) is 5.92 Å². The molecule has 1 N–H and O–H groups in total. The van der Waals surface area contributed by atoms with E-state index in [0.29, 0.717) is 55.8 Å². The first kappa shape index (κ1) is 36.0. The molecule has 11 nitrogen and oxygen atoms in total. The number of tetrazole rings is 1. The maximum atomic E-state index is 13.2. The number of halogens is 6. The van der Waals surface area contributed by atoms with E-state index in [1.165, 1.54) is 4.90 Å². The molecule has 1 aromatic heterocycles. The Bertz CT molecular complexity index is 1270. The molecule has 0 aliphatic carbocycles. The molecule has 252 valence electrons. The zero-order chi connectivity index (χ0) is 33.6. The number of alkyl halides is 6. The number of nitrogens with zero attached hydrogens (tertiary/aromatic N) is 5. The number of methoxy groups -OCH3 is 1. The van der Waals surface area contributed by atoms with Crippen molar-refractivity contribution in [3.8, 4) is 11.4 Å². The van der Waals surface area contributed by atoms with Crippen LogP contribution < -0.4 is 5.32 Å². The Morgan fingerprint density at radius 2 is 1.49 bits per heavy atom. The first-order chi connectivity index (χ1) is 20.8. The van der Waals surface area contributed by atoms with Crippen LogP contribution in [-0.2, 0) is 26.6 Å². The highest BCUT2D eigenvalue weighted by molar-refractivity contribution is 5.75. The molecule has 45 heavy (non-hydrogen) atoms. The maximum Gasteiger partial charge on any atom is 0.416 e. The molecule has 2 heterocycles. The predicted molar refractivity (Wildman–Crippen MR) is 148 cm³/mol. The lowest BCUT2D eigenvalue weighted by molar-refractivity contribution is -0.143. The molecule has 3 rings (SSSR count). The van der Waals surface area contributed by atoms with E-state index in [-0.39, 0.29) is 37.3 Å². The summed E-state index contributed by atoms with van der Waals surface area (Å²) in [5.74, 6) is -0.529. The van der Waals surface area contributed by atoms with Gasteiger partial charge in [0.15, 0.2) is 0 Å². The molecule has 1 fully saturated rings. The third-order valence-corrected chi connectivity index (χ3v) is 7.54. The third kappa shape index (κ3) is 10.8. The van der Waals surface area contributed by atoms with Crippen molar-refractivity contribution < 1.29 is 50.1 Å². The number of nitrogens with one attached hydrogen (secondary N) is 1. The van der Waals surface area contributed by atoms with Crippen molar-refractivity contribution in [1.82, 2.24) is 30.4 Å². The molecule has 1 aliphatic heterocycles. The zero-order valence-electron chi connectivity index (χ0n) is 25.7. The fraction of sp³-hybridized carbons (Fsp3) is 0.679. The molecule has 0 bridgehead atoms. The summed E-state index contributed by atoms with van der Waals surface area (Å²) in [4.78, 5) is 26.9. The Morgan fingerprint density at radius 1 is 0.911 bits per heavy atom. The van der Waals surface area contributed by atoms with Crippen LogP contribution in [0.15, 0.2) is 18.2 Å². The van der Waals surface area contributed by atoms with Gasteiger partial charge in [0.05, 0.1) is 35.5 Å². The summed E-state index contributed by atoms with van der Waals surface area (Å²) in [6, 6.07) is 0.174. The van der Waals surface area contributed by atoms with Crippen molar-refractivity contribution in [3.63, 3.8) is 0 Å². The minimum Gasteiger partial charge on any atom is -0.449 e. The second kappa shape index (κ2) is 14.3. The van der Waals surface area contributed by atoms with E-state index in [9.17, 15) is 35.9 Å². The summed E-state index contributed by atoms with van der Waals surface area (Å²) >= 11 is 0. The summed E-state index contributed by atoms with van der Waals surface area (Å²) in [5, 5.41) is 13.5. The number of benzene rings is 1. The maximum absolute atomic E-state index is 13.2. The topological polar surface area (TPSA) is 121 Å². The van der Waals surface area contributed by atoms with E-state index in [0.717, 1.165) is 0 Å². The van der Waals surface area contributed by atoms with Crippen molar-refractivity contribution in [3.05, 3.63) is 29.3 Å². The number of ether oxygens (including phenoxy) is 3. The van der Waals surface area contributed by atoms with Gasteiger partial charge in [0.25, 0.3) is 0 Å². The van der Waals surface area contributed by atoms with Gasteiger partial charge in [0.1, 0.15) is 0 Å². The third-order valence-electron chi connectivity index (χ3n) is 7.54. The second-order valence-corrected chi connectivity index (χ2v) is 12.0. The number of hydrogen-bond acceptors (Lipinski definition) is 8. The molecule has 0 atom stereocenters. The predicted octanol–water partition coefficient (Wildman–Crippen LogP) is 5.78. The van der Waals surface area contributed by atoms with Crippen LogP contribution in [0.5, 0.6) is 0 Å². The Hall–Kier alpha value is -3.47. The molecule has 2 aromatic rings. The number of rotatable bonds is 11.